The van der Waals surface area contributed by atoms with Gasteiger partial charge in [-0.2, -0.15) is 0 Å². The molecule has 5 nitrogen and oxygen atoms in total. The normalized spacial score (nSPS) is 11.5. The monoisotopic (exact) mass is 430 g/mol. The number of carbonyl (C=O) groups is 2. The smallest absolute Gasteiger partial charge is 0.262 e. The molecule has 0 heterocycles. The molecule has 0 radical (unpaired) electrons. The average Bonchev–Trinajstić information content (AvgIpc) is 2.83. The van der Waals surface area contributed by atoms with Gasteiger partial charge in [0.05, 0.1) is 11.3 Å². The van der Waals surface area contributed by atoms with Gasteiger partial charge in [0.25, 0.3) is 11.8 Å². The topological polar surface area (TPSA) is 58.6 Å². The van der Waals surface area contributed by atoms with Crippen LogP contribution in [0.5, 0.6) is 5.75 Å². The molecule has 1 atom stereocenters. The molecule has 0 saturated carbocycles. The maximum Gasteiger partial charge on any atom is 0.262 e. The first-order valence-electron chi connectivity index (χ1n) is 10.9. The molecule has 1 unspecified atom stereocenters. The summed E-state index contributed by atoms with van der Waals surface area (Å²) in [5.74, 6) is 0.647. The van der Waals surface area contributed by atoms with Gasteiger partial charge in [0.1, 0.15) is 5.75 Å². The molecule has 166 valence electrons. The molecule has 0 spiro atoms. The first-order valence-corrected chi connectivity index (χ1v) is 10.9. The van der Waals surface area contributed by atoms with Crippen molar-refractivity contribution in [3.63, 3.8) is 0 Å². The second-order valence-corrected chi connectivity index (χ2v) is 7.91. The van der Waals surface area contributed by atoms with Crippen LogP contribution in [0.1, 0.15) is 47.7 Å². The maximum atomic E-state index is 13.0. The second-order valence-electron chi connectivity index (χ2n) is 7.91. The van der Waals surface area contributed by atoms with E-state index in [2.05, 4.69) is 19.2 Å². The zero-order chi connectivity index (χ0) is 22.9. The van der Waals surface area contributed by atoms with Gasteiger partial charge in [-0.15, -0.1) is 0 Å². The van der Waals surface area contributed by atoms with E-state index < -0.39 is 0 Å². The van der Waals surface area contributed by atoms with Gasteiger partial charge in [0.15, 0.2) is 6.61 Å². The third kappa shape index (κ3) is 6.20. The number of ether oxygens (including phenoxy) is 1. The van der Waals surface area contributed by atoms with Crippen molar-refractivity contribution in [2.75, 3.05) is 19.0 Å². The van der Waals surface area contributed by atoms with Gasteiger partial charge < -0.3 is 15.0 Å². The highest BCUT2D eigenvalue weighted by Gasteiger charge is 2.17. The Morgan fingerprint density at radius 2 is 1.59 bits per heavy atom. The molecule has 0 fully saturated rings. The van der Waals surface area contributed by atoms with Crippen molar-refractivity contribution in [2.24, 2.45) is 0 Å². The molecule has 5 heteroatoms. The van der Waals surface area contributed by atoms with Crippen LogP contribution in [-0.2, 0) is 11.3 Å². The second kappa shape index (κ2) is 11.1. The Bertz CT molecular complexity index is 1030. The molecule has 0 aromatic heterocycles. The van der Waals surface area contributed by atoms with Gasteiger partial charge in [0, 0.05) is 13.6 Å². The van der Waals surface area contributed by atoms with Crippen molar-refractivity contribution in [3.8, 4) is 5.75 Å². The van der Waals surface area contributed by atoms with E-state index in [0.717, 1.165) is 12.0 Å². The van der Waals surface area contributed by atoms with E-state index in [9.17, 15) is 9.59 Å². The van der Waals surface area contributed by atoms with Crippen molar-refractivity contribution in [3.05, 3.63) is 95.6 Å². The van der Waals surface area contributed by atoms with Gasteiger partial charge in [-0.25, -0.2) is 0 Å². The Balaban J connectivity index is 1.60. The Hall–Kier alpha value is -3.60. The number of benzene rings is 3. The van der Waals surface area contributed by atoms with Crippen LogP contribution in [0.4, 0.5) is 5.69 Å². The van der Waals surface area contributed by atoms with Gasteiger partial charge in [0.2, 0.25) is 0 Å². The average molecular weight is 431 g/mol. The van der Waals surface area contributed by atoms with Crippen molar-refractivity contribution in [1.82, 2.24) is 4.90 Å². The molecule has 0 aliphatic rings. The van der Waals surface area contributed by atoms with Crippen LogP contribution in [-0.4, -0.2) is 30.4 Å². The molecule has 2 amide bonds. The third-order valence-electron chi connectivity index (χ3n) is 5.47. The Morgan fingerprint density at radius 3 is 2.28 bits per heavy atom. The fraction of sp³-hybridized carbons (Fsp3) is 0.259. The summed E-state index contributed by atoms with van der Waals surface area (Å²) in [6.07, 6.45) is 1.07. The molecule has 0 aliphatic heterocycles. The van der Waals surface area contributed by atoms with Gasteiger partial charge >= 0.3 is 0 Å². The maximum absolute atomic E-state index is 13.0. The van der Waals surface area contributed by atoms with Crippen molar-refractivity contribution in [1.29, 1.82) is 0 Å². The van der Waals surface area contributed by atoms with Crippen LogP contribution in [0.3, 0.4) is 0 Å². The first kappa shape index (κ1) is 23.1. The molecule has 1 N–H and O–H groups in total. The lowest BCUT2D eigenvalue weighted by Crippen LogP contribution is -2.28. The minimum Gasteiger partial charge on any atom is -0.484 e. The molecule has 3 rings (SSSR count). The molecule has 0 bridgehead atoms. The largest absolute Gasteiger partial charge is 0.484 e. The first-order chi connectivity index (χ1) is 15.5. The number of hydrogen-bond donors (Lipinski definition) is 1. The molecule has 0 aliphatic carbocycles. The lowest BCUT2D eigenvalue weighted by molar-refractivity contribution is -0.118. The van der Waals surface area contributed by atoms with Crippen LogP contribution in [0.15, 0.2) is 78.9 Å². The number of carbonyl (C=O) groups excluding carboxylic acids is 2. The molecule has 3 aromatic carbocycles. The summed E-state index contributed by atoms with van der Waals surface area (Å²) in [6.45, 7) is 4.68. The fourth-order valence-corrected chi connectivity index (χ4v) is 3.38. The molecular weight excluding hydrogens is 400 g/mol. The van der Waals surface area contributed by atoms with Gasteiger partial charge in [-0.1, -0.05) is 68.4 Å². The standard InChI is InChI=1S/C27H30N2O3/c1-4-20(2)22-14-16-23(17-15-22)32-19-26(30)28-25-13-9-8-12-24(25)27(31)29(3)18-21-10-6-5-7-11-21/h5-17,20H,4,18-19H2,1-3H3,(H,28,30). The van der Waals surface area contributed by atoms with Crippen LogP contribution in [0.2, 0.25) is 0 Å². The van der Waals surface area contributed by atoms with Gasteiger partial charge in [-0.05, 0) is 47.7 Å². The quantitative estimate of drug-likeness (QED) is 0.488. The lowest BCUT2D eigenvalue weighted by Gasteiger charge is -2.19. The van der Waals surface area contributed by atoms with E-state index >= 15 is 0 Å². The van der Waals surface area contributed by atoms with E-state index in [0.29, 0.717) is 29.5 Å². The van der Waals surface area contributed by atoms with Crippen LogP contribution < -0.4 is 10.1 Å². The highest BCUT2D eigenvalue weighted by Crippen LogP contribution is 2.22. The molecule has 0 saturated heterocycles. The van der Waals surface area contributed by atoms with Crippen molar-refractivity contribution >= 4 is 17.5 Å². The zero-order valence-electron chi connectivity index (χ0n) is 18.9. The van der Waals surface area contributed by atoms with Crippen molar-refractivity contribution < 1.29 is 14.3 Å². The highest BCUT2D eigenvalue weighted by molar-refractivity contribution is 6.03. The Kier molecular flexibility index (Phi) is 8.03. The van der Waals surface area contributed by atoms with E-state index in [4.69, 9.17) is 4.74 Å². The molecule has 32 heavy (non-hydrogen) atoms. The van der Waals surface area contributed by atoms with Crippen LogP contribution >= 0.6 is 0 Å². The minimum atomic E-state index is -0.318. The number of amides is 2. The lowest BCUT2D eigenvalue weighted by atomic mass is 9.99. The van der Waals surface area contributed by atoms with Crippen LogP contribution in [0, 0.1) is 0 Å². The van der Waals surface area contributed by atoms with E-state index in [1.54, 1.807) is 36.2 Å². The predicted octanol–water partition coefficient (Wildman–Crippen LogP) is 5.49. The number of nitrogens with zero attached hydrogens (tertiary/aromatic N) is 1. The number of para-hydroxylation sites is 1. The Labute approximate surface area is 190 Å². The highest BCUT2D eigenvalue weighted by atomic mass is 16.5. The number of nitrogens with one attached hydrogen (secondary N) is 1. The summed E-state index contributed by atoms with van der Waals surface area (Å²) in [7, 11) is 1.75. The summed E-state index contributed by atoms with van der Waals surface area (Å²) in [5.41, 5.74) is 3.20. The van der Waals surface area contributed by atoms with Crippen molar-refractivity contribution in [2.45, 2.75) is 32.7 Å². The van der Waals surface area contributed by atoms with Gasteiger partial charge in [-0.3, -0.25) is 9.59 Å². The third-order valence-corrected chi connectivity index (χ3v) is 5.47. The summed E-state index contributed by atoms with van der Waals surface area (Å²) < 4.78 is 5.63. The zero-order valence-corrected chi connectivity index (χ0v) is 18.9. The number of rotatable bonds is 9. The van der Waals surface area contributed by atoms with E-state index in [1.807, 2.05) is 54.6 Å². The number of anilines is 1. The SMILES string of the molecule is CCC(C)c1ccc(OCC(=O)Nc2ccccc2C(=O)N(C)Cc2ccccc2)cc1. The Morgan fingerprint density at radius 1 is 0.938 bits per heavy atom. The minimum absolute atomic E-state index is 0.134. The molecular formula is C27H30N2O3. The van der Waals surface area contributed by atoms with Crippen LogP contribution in [0.25, 0.3) is 0 Å². The summed E-state index contributed by atoms with van der Waals surface area (Å²) in [5, 5.41) is 2.81. The number of hydrogen-bond acceptors (Lipinski definition) is 3. The summed E-state index contributed by atoms with van der Waals surface area (Å²) >= 11 is 0. The van der Waals surface area contributed by atoms with E-state index in [-0.39, 0.29) is 18.4 Å². The summed E-state index contributed by atoms with van der Waals surface area (Å²) in [4.78, 5) is 27.1. The summed E-state index contributed by atoms with van der Waals surface area (Å²) in [6, 6.07) is 24.6. The predicted molar refractivity (Wildman–Crippen MR) is 128 cm³/mol. The fourth-order valence-electron chi connectivity index (χ4n) is 3.38. The molecule has 3 aromatic rings. The van der Waals surface area contributed by atoms with E-state index in [1.165, 1.54) is 5.56 Å².